The molecule has 17 heavy (non-hydrogen) atoms. The Morgan fingerprint density at radius 2 is 2.24 bits per heavy atom. The van der Waals surface area contributed by atoms with E-state index in [-0.39, 0.29) is 12.0 Å². The molecule has 1 heterocycles. The first-order valence-electron chi connectivity index (χ1n) is 5.91. The first-order valence-corrected chi connectivity index (χ1v) is 5.91. The monoisotopic (exact) mass is 239 g/mol. The Balaban J connectivity index is 1.73. The molecular weight excluding hydrogens is 222 g/mol. The summed E-state index contributed by atoms with van der Waals surface area (Å²) >= 11 is 0. The number of hydrogen-bond donors (Lipinski definition) is 1. The molecule has 0 saturated heterocycles. The Labute approximate surface area is 99.7 Å². The van der Waals surface area contributed by atoms with E-state index in [1.807, 2.05) is 13.0 Å². The molecule has 5 heteroatoms. The number of aryl methyl sites for hydroxylation is 1. The van der Waals surface area contributed by atoms with Crippen LogP contribution in [0.25, 0.3) is 0 Å². The average molecular weight is 239 g/mol. The predicted molar refractivity (Wildman–Crippen MR) is 59.4 cm³/mol. The second-order valence-corrected chi connectivity index (χ2v) is 4.55. The molecule has 1 N–H and O–H groups in total. The van der Waals surface area contributed by atoms with Crippen LogP contribution in [-0.2, 0) is 16.1 Å². The van der Waals surface area contributed by atoms with Crippen molar-refractivity contribution in [2.75, 3.05) is 0 Å². The lowest BCUT2D eigenvalue weighted by Gasteiger charge is -2.25. The van der Waals surface area contributed by atoms with Crippen LogP contribution in [0.1, 0.15) is 37.1 Å². The van der Waals surface area contributed by atoms with Crippen molar-refractivity contribution in [3.05, 3.63) is 17.5 Å². The molecule has 1 saturated carbocycles. The third-order valence-electron chi connectivity index (χ3n) is 3.17. The molecule has 0 spiro atoms. The minimum Gasteiger partial charge on any atom is -0.481 e. The maximum atomic E-state index is 10.8. The van der Waals surface area contributed by atoms with Crippen LogP contribution < -0.4 is 0 Å². The van der Waals surface area contributed by atoms with Gasteiger partial charge in [-0.1, -0.05) is 5.16 Å². The van der Waals surface area contributed by atoms with Crippen molar-refractivity contribution in [1.29, 1.82) is 0 Å². The molecular formula is C12H17NO4. The molecule has 0 aromatic carbocycles. The number of nitrogens with zero attached hydrogens (tertiary/aromatic N) is 1. The van der Waals surface area contributed by atoms with Crippen LogP contribution in [0.2, 0.25) is 0 Å². The minimum atomic E-state index is -0.685. The molecule has 0 aliphatic heterocycles. The third-order valence-corrected chi connectivity index (χ3v) is 3.17. The Morgan fingerprint density at radius 1 is 1.53 bits per heavy atom. The Morgan fingerprint density at radius 3 is 2.76 bits per heavy atom. The van der Waals surface area contributed by atoms with Gasteiger partial charge in [0.1, 0.15) is 11.5 Å². The third kappa shape index (κ3) is 3.30. The van der Waals surface area contributed by atoms with Gasteiger partial charge in [-0.05, 0) is 32.6 Å². The molecule has 0 atom stereocenters. The van der Waals surface area contributed by atoms with Gasteiger partial charge >= 0.3 is 5.97 Å². The molecule has 94 valence electrons. The number of aromatic nitrogens is 1. The van der Waals surface area contributed by atoms with E-state index >= 15 is 0 Å². The van der Waals surface area contributed by atoms with Crippen LogP contribution in [0.4, 0.5) is 0 Å². The molecule has 1 aromatic heterocycles. The number of carboxylic acids is 1. The zero-order valence-electron chi connectivity index (χ0n) is 9.89. The first kappa shape index (κ1) is 12.1. The van der Waals surface area contributed by atoms with Gasteiger partial charge in [-0.15, -0.1) is 0 Å². The quantitative estimate of drug-likeness (QED) is 0.871. The molecule has 0 unspecified atom stereocenters. The summed E-state index contributed by atoms with van der Waals surface area (Å²) in [5.41, 5.74) is 0.794. The number of rotatable bonds is 4. The summed E-state index contributed by atoms with van der Waals surface area (Å²) < 4.78 is 10.6. The van der Waals surface area contributed by atoms with Gasteiger partial charge in [-0.25, -0.2) is 0 Å². The van der Waals surface area contributed by atoms with Crippen LogP contribution in [0, 0.1) is 12.8 Å². The summed E-state index contributed by atoms with van der Waals surface area (Å²) in [6.07, 6.45) is 3.19. The molecule has 1 aliphatic rings. The Bertz CT molecular complexity index is 380. The van der Waals surface area contributed by atoms with Crippen LogP contribution >= 0.6 is 0 Å². The lowest BCUT2D eigenvalue weighted by Crippen LogP contribution is -2.25. The summed E-state index contributed by atoms with van der Waals surface area (Å²) in [6, 6.07) is 1.85. The lowest BCUT2D eigenvalue weighted by molar-refractivity contribution is -0.143. The molecule has 1 aromatic rings. The van der Waals surface area contributed by atoms with Crippen molar-refractivity contribution in [2.24, 2.45) is 5.92 Å². The smallest absolute Gasteiger partial charge is 0.306 e. The topological polar surface area (TPSA) is 72.6 Å². The molecule has 2 rings (SSSR count). The highest BCUT2D eigenvalue weighted by Gasteiger charge is 2.26. The zero-order chi connectivity index (χ0) is 12.3. The maximum absolute atomic E-state index is 10.8. The number of ether oxygens (including phenoxy) is 1. The van der Waals surface area contributed by atoms with Gasteiger partial charge in [-0.3, -0.25) is 4.79 Å². The van der Waals surface area contributed by atoms with Crippen molar-refractivity contribution >= 4 is 5.97 Å². The molecule has 0 amide bonds. The second kappa shape index (κ2) is 5.31. The van der Waals surface area contributed by atoms with E-state index in [1.165, 1.54) is 0 Å². The van der Waals surface area contributed by atoms with E-state index in [0.29, 0.717) is 19.4 Å². The summed E-state index contributed by atoms with van der Waals surface area (Å²) in [5, 5.41) is 12.7. The van der Waals surface area contributed by atoms with Crippen molar-refractivity contribution in [2.45, 2.75) is 45.3 Å². The highest BCUT2D eigenvalue weighted by molar-refractivity contribution is 5.70. The van der Waals surface area contributed by atoms with Gasteiger partial charge in [0.2, 0.25) is 0 Å². The van der Waals surface area contributed by atoms with Gasteiger partial charge in [-0.2, -0.15) is 0 Å². The molecule has 0 radical (unpaired) electrons. The normalized spacial score (nSPS) is 24.8. The van der Waals surface area contributed by atoms with Crippen molar-refractivity contribution in [1.82, 2.24) is 5.16 Å². The molecule has 1 aliphatic carbocycles. The van der Waals surface area contributed by atoms with Gasteiger partial charge in [0, 0.05) is 6.07 Å². The van der Waals surface area contributed by atoms with E-state index < -0.39 is 5.97 Å². The van der Waals surface area contributed by atoms with Crippen LogP contribution in [-0.4, -0.2) is 22.3 Å². The molecule has 5 nitrogen and oxygen atoms in total. The minimum absolute atomic E-state index is 0.155. The largest absolute Gasteiger partial charge is 0.481 e. The highest BCUT2D eigenvalue weighted by Crippen LogP contribution is 2.26. The fourth-order valence-corrected chi connectivity index (χ4v) is 2.17. The van der Waals surface area contributed by atoms with Crippen LogP contribution in [0.15, 0.2) is 10.6 Å². The van der Waals surface area contributed by atoms with Gasteiger partial charge < -0.3 is 14.4 Å². The summed E-state index contributed by atoms with van der Waals surface area (Å²) in [6.45, 7) is 2.29. The van der Waals surface area contributed by atoms with Crippen molar-refractivity contribution in [3.8, 4) is 0 Å². The fourth-order valence-electron chi connectivity index (χ4n) is 2.17. The molecule has 1 fully saturated rings. The first-order chi connectivity index (χ1) is 8.15. The average Bonchev–Trinajstić information content (AvgIpc) is 2.73. The number of carboxylic acid groups (broad SMARTS) is 1. The van der Waals surface area contributed by atoms with E-state index in [9.17, 15) is 4.79 Å². The van der Waals surface area contributed by atoms with Crippen molar-refractivity contribution in [3.63, 3.8) is 0 Å². The fraction of sp³-hybridized carbons (Fsp3) is 0.667. The van der Waals surface area contributed by atoms with Crippen LogP contribution in [0.3, 0.4) is 0 Å². The Hall–Kier alpha value is -1.36. The summed E-state index contributed by atoms with van der Waals surface area (Å²) in [7, 11) is 0. The van der Waals surface area contributed by atoms with E-state index in [4.69, 9.17) is 14.4 Å². The second-order valence-electron chi connectivity index (χ2n) is 4.55. The predicted octanol–water partition coefficient (Wildman–Crippen LogP) is 2.14. The molecule has 0 bridgehead atoms. The number of aliphatic carboxylic acids is 1. The lowest BCUT2D eigenvalue weighted by atomic mass is 9.87. The Kier molecular flexibility index (Phi) is 3.78. The summed E-state index contributed by atoms with van der Waals surface area (Å²) in [5.74, 6) is -0.0992. The van der Waals surface area contributed by atoms with E-state index in [1.54, 1.807) is 0 Å². The highest BCUT2D eigenvalue weighted by atomic mass is 16.5. The number of hydrogen-bond acceptors (Lipinski definition) is 4. The SMILES string of the molecule is Cc1cc(COC2CCC(C(=O)O)CC2)no1. The van der Waals surface area contributed by atoms with E-state index in [2.05, 4.69) is 5.16 Å². The standard InChI is InChI=1S/C12H17NO4/c1-8-6-10(13-17-8)7-16-11-4-2-9(3-5-11)12(14)15/h6,9,11H,2-5,7H2,1H3,(H,14,15). The van der Waals surface area contributed by atoms with Gasteiger partial charge in [0.15, 0.2) is 0 Å². The maximum Gasteiger partial charge on any atom is 0.306 e. The number of carbonyl (C=O) groups is 1. The zero-order valence-corrected chi connectivity index (χ0v) is 9.89. The van der Waals surface area contributed by atoms with Gasteiger partial charge in [0.05, 0.1) is 18.6 Å². The van der Waals surface area contributed by atoms with Gasteiger partial charge in [0.25, 0.3) is 0 Å². The van der Waals surface area contributed by atoms with E-state index in [0.717, 1.165) is 24.3 Å². The summed E-state index contributed by atoms with van der Waals surface area (Å²) in [4.78, 5) is 10.8. The van der Waals surface area contributed by atoms with Crippen molar-refractivity contribution < 1.29 is 19.2 Å². The van der Waals surface area contributed by atoms with Crippen LogP contribution in [0.5, 0.6) is 0 Å².